The molecule has 2 heterocycles. The Balaban J connectivity index is 1.59. The van der Waals surface area contributed by atoms with Crippen LogP contribution in [0.1, 0.15) is 24.8 Å². The van der Waals surface area contributed by atoms with Gasteiger partial charge in [0.25, 0.3) is 5.91 Å². The fourth-order valence-electron chi connectivity index (χ4n) is 2.51. The number of carbonyl (C=O) groups is 2. The Morgan fingerprint density at radius 2 is 2.17 bits per heavy atom. The van der Waals surface area contributed by atoms with Crippen molar-refractivity contribution in [3.05, 3.63) is 41.8 Å². The summed E-state index contributed by atoms with van der Waals surface area (Å²) in [7, 11) is 0. The van der Waals surface area contributed by atoms with Crippen LogP contribution in [0.4, 0.5) is 5.69 Å². The summed E-state index contributed by atoms with van der Waals surface area (Å²) in [5, 5.41) is 3.76. The van der Waals surface area contributed by atoms with Gasteiger partial charge in [0.1, 0.15) is 23.8 Å². The zero-order chi connectivity index (χ0) is 17.1. The molecular weight excluding hydrogens is 312 g/mol. The van der Waals surface area contributed by atoms with Crippen molar-refractivity contribution in [3.63, 3.8) is 0 Å². The Morgan fingerprint density at radius 3 is 2.92 bits per heavy atom. The van der Waals surface area contributed by atoms with Gasteiger partial charge in [-0.1, -0.05) is 17.3 Å². The number of hydrogen-bond acceptors (Lipinski definition) is 6. The maximum Gasteiger partial charge on any atom is 0.307 e. The highest BCUT2D eigenvalue weighted by atomic mass is 16.5. The molecule has 126 valence electrons. The lowest BCUT2D eigenvalue weighted by atomic mass is 10.2. The van der Waals surface area contributed by atoms with E-state index in [1.807, 2.05) is 12.1 Å². The normalized spacial score (nSPS) is 16.5. The van der Waals surface area contributed by atoms with E-state index in [9.17, 15) is 9.59 Å². The van der Waals surface area contributed by atoms with E-state index < -0.39 is 12.1 Å². The van der Waals surface area contributed by atoms with Crippen LogP contribution in [0.2, 0.25) is 0 Å². The zero-order valence-electron chi connectivity index (χ0n) is 13.5. The van der Waals surface area contributed by atoms with Crippen LogP contribution < -0.4 is 9.64 Å². The number of fused-ring (bicyclic) bond motifs is 1. The molecule has 2 aromatic rings. The van der Waals surface area contributed by atoms with Gasteiger partial charge in [0, 0.05) is 12.6 Å². The first-order valence-corrected chi connectivity index (χ1v) is 7.69. The molecule has 1 atom stereocenters. The van der Waals surface area contributed by atoms with Crippen LogP contribution in [0.5, 0.6) is 5.75 Å². The smallest absolute Gasteiger partial charge is 0.307 e. The van der Waals surface area contributed by atoms with Crippen molar-refractivity contribution in [1.82, 2.24) is 5.16 Å². The molecule has 1 aliphatic rings. The maximum absolute atomic E-state index is 12.3. The van der Waals surface area contributed by atoms with Gasteiger partial charge in [-0.15, -0.1) is 0 Å². The quantitative estimate of drug-likeness (QED) is 0.782. The second kappa shape index (κ2) is 6.74. The molecular formula is C17H18N2O5. The van der Waals surface area contributed by atoms with Gasteiger partial charge in [0.15, 0.2) is 6.10 Å². The molecule has 0 bridgehead atoms. The van der Waals surface area contributed by atoms with Crippen LogP contribution in [0, 0.1) is 6.92 Å². The number of anilines is 1. The molecule has 0 unspecified atom stereocenters. The van der Waals surface area contributed by atoms with Crippen LogP contribution in [0.15, 0.2) is 34.9 Å². The second-order valence-electron chi connectivity index (χ2n) is 5.56. The van der Waals surface area contributed by atoms with Crippen molar-refractivity contribution >= 4 is 17.6 Å². The Bertz CT molecular complexity index is 755. The van der Waals surface area contributed by atoms with Crippen LogP contribution in [0.25, 0.3) is 0 Å². The largest absolute Gasteiger partial charge is 0.479 e. The van der Waals surface area contributed by atoms with Crippen molar-refractivity contribution in [2.45, 2.75) is 33.0 Å². The summed E-state index contributed by atoms with van der Waals surface area (Å²) in [5.41, 5.74) is 1.22. The Labute approximate surface area is 139 Å². The average Bonchev–Trinajstić information content (AvgIpc) is 2.99. The summed E-state index contributed by atoms with van der Waals surface area (Å²) in [6.45, 7) is 3.75. The first-order chi connectivity index (χ1) is 11.5. The van der Waals surface area contributed by atoms with Crippen LogP contribution in [-0.4, -0.2) is 29.7 Å². The Kier molecular flexibility index (Phi) is 4.50. The van der Waals surface area contributed by atoms with Crippen LogP contribution in [-0.2, 0) is 20.9 Å². The van der Waals surface area contributed by atoms with E-state index in [0.29, 0.717) is 22.9 Å². The zero-order valence-corrected chi connectivity index (χ0v) is 13.5. The van der Waals surface area contributed by atoms with Gasteiger partial charge in [0.05, 0.1) is 12.1 Å². The van der Waals surface area contributed by atoms with Gasteiger partial charge in [0.2, 0.25) is 0 Å². The molecule has 1 aliphatic heterocycles. The number of hydrogen-bond donors (Lipinski definition) is 0. The number of amides is 1. The van der Waals surface area contributed by atoms with Gasteiger partial charge < -0.3 is 18.9 Å². The van der Waals surface area contributed by atoms with E-state index >= 15 is 0 Å². The number of aromatic nitrogens is 1. The summed E-state index contributed by atoms with van der Waals surface area (Å²) in [5.74, 6) is 0.718. The Morgan fingerprint density at radius 1 is 1.38 bits per heavy atom. The lowest BCUT2D eigenvalue weighted by Gasteiger charge is -2.32. The molecule has 0 saturated carbocycles. The highest BCUT2D eigenvalue weighted by Gasteiger charge is 2.31. The summed E-state index contributed by atoms with van der Waals surface area (Å²) < 4.78 is 15.6. The fraction of sp³-hybridized carbons (Fsp3) is 0.353. The molecule has 24 heavy (non-hydrogen) atoms. The predicted molar refractivity (Wildman–Crippen MR) is 84.5 cm³/mol. The van der Waals surface area contributed by atoms with E-state index in [1.54, 1.807) is 36.9 Å². The first kappa shape index (κ1) is 16.0. The first-order valence-electron chi connectivity index (χ1n) is 7.69. The average molecular weight is 330 g/mol. The van der Waals surface area contributed by atoms with Gasteiger partial charge >= 0.3 is 5.97 Å². The highest BCUT2D eigenvalue weighted by Crippen LogP contribution is 2.33. The molecule has 1 aromatic carbocycles. The number of rotatable bonds is 5. The fourth-order valence-corrected chi connectivity index (χ4v) is 2.51. The SMILES string of the molecule is Cc1cc(COC(=O)CCN2C(=O)[C@@H](C)Oc3ccccc32)no1. The van der Waals surface area contributed by atoms with Crippen molar-refractivity contribution in [2.75, 3.05) is 11.4 Å². The second-order valence-corrected chi connectivity index (χ2v) is 5.56. The maximum atomic E-state index is 12.3. The minimum Gasteiger partial charge on any atom is -0.479 e. The molecule has 1 amide bonds. The third-order valence-electron chi connectivity index (χ3n) is 3.67. The molecule has 1 aromatic heterocycles. The third kappa shape index (κ3) is 3.40. The molecule has 0 N–H and O–H groups in total. The Hall–Kier alpha value is -2.83. The van der Waals surface area contributed by atoms with E-state index in [1.165, 1.54) is 0 Å². The van der Waals surface area contributed by atoms with E-state index in [4.69, 9.17) is 14.0 Å². The lowest BCUT2D eigenvalue weighted by molar-refractivity contribution is -0.144. The monoisotopic (exact) mass is 330 g/mol. The molecule has 0 radical (unpaired) electrons. The number of benzene rings is 1. The van der Waals surface area contributed by atoms with Gasteiger partial charge in [-0.2, -0.15) is 0 Å². The minimum absolute atomic E-state index is 0.0558. The van der Waals surface area contributed by atoms with Gasteiger partial charge in [-0.25, -0.2) is 0 Å². The summed E-state index contributed by atoms with van der Waals surface area (Å²) >= 11 is 0. The topological polar surface area (TPSA) is 81.9 Å². The molecule has 7 heteroatoms. The van der Waals surface area contributed by atoms with Crippen molar-refractivity contribution in [2.24, 2.45) is 0 Å². The summed E-state index contributed by atoms with van der Waals surface area (Å²) in [6, 6.07) is 8.97. The lowest BCUT2D eigenvalue weighted by Crippen LogP contribution is -2.45. The van der Waals surface area contributed by atoms with E-state index in [0.717, 1.165) is 0 Å². The number of carbonyl (C=O) groups excluding carboxylic acids is 2. The number of ether oxygens (including phenoxy) is 2. The molecule has 7 nitrogen and oxygen atoms in total. The summed E-state index contributed by atoms with van der Waals surface area (Å²) in [6.07, 6.45) is -0.488. The highest BCUT2D eigenvalue weighted by molar-refractivity contribution is 6.00. The predicted octanol–water partition coefficient (Wildman–Crippen LogP) is 2.23. The molecule has 0 spiro atoms. The van der Waals surface area contributed by atoms with E-state index in [-0.39, 0.29) is 25.5 Å². The number of esters is 1. The molecule has 0 saturated heterocycles. The molecule has 3 rings (SSSR count). The molecule has 0 fully saturated rings. The number of nitrogens with zero attached hydrogens (tertiary/aromatic N) is 2. The van der Waals surface area contributed by atoms with Gasteiger partial charge in [-0.3, -0.25) is 9.59 Å². The minimum atomic E-state index is -0.575. The number of para-hydroxylation sites is 2. The summed E-state index contributed by atoms with van der Waals surface area (Å²) in [4.78, 5) is 25.8. The van der Waals surface area contributed by atoms with Crippen molar-refractivity contribution in [3.8, 4) is 5.75 Å². The molecule has 0 aliphatic carbocycles. The van der Waals surface area contributed by atoms with E-state index in [2.05, 4.69) is 5.16 Å². The standard InChI is InChI=1S/C17H18N2O5/c1-11-9-13(18-24-11)10-22-16(20)7-8-19-14-5-3-4-6-15(14)23-12(2)17(19)21/h3-6,9,12H,7-8,10H2,1-2H3/t12-/m1/s1. The van der Waals surface area contributed by atoms with Crippen molar-refractivity contribution in [1.29, 1.82) is 0 Å². The van der Waals surface area contributed by atoms with Crippen LogP contribution in [0.3, 0.4) is 0 Å². The third-order valence-corrected chi connectivity index (χ3v) is 3.67. The number of aryl methyl sites for hydroxylation is 1. The van der Waals surface area contributed by atoms with Crippen molar-refractivity contribution < 1.29 is 23.6 Å². The van der Waals surface area contributed by atoms with Gasteiger partial charge in [-0.05, 0) is 26.0 Å². The van der Waals surface area contributed by atoms with Crippen LogP contribution >= 0.6 is 0 Å².